The van der Waals surface area contributed by atoms with Crippen molar-refractivity contribution in [3.05, 3.63) is 24.3 Å². The van der Waals surface area contributed by atoms with Gasteiger partial charge in [0.05, 0.1) is 36.6 Å². The number of nitrogens with zero attached hydrogens (tertiary/aromatic N) is 1. The molecule has 6 nitrogen and oxygen atoms in total. The van der Waals surface area contributed by atoms with E-state index in [-0.39, 0.29) is 17.2 Å². The molecule has 116 valence electrons. The molecule has 1 unspecified atom stereocenters. The maximum Gasteiger partial charge on any atom is 0.336 e. The van der Waals surface area contributed by atoms with E-state index in [0.29, 0.717) is 18.8 Å². The van der Waals surface area contributed by atoms with Crippen molar-refractivity contribution >= 4 is 21.5 Å². The minimum absolute atomic E-state index is 0.0365. The van der Waals surface area contributed by atoms with Crippen molar-refractivity contribution in [2.75, 3.05) is 37.5 Å². The molecule has 1 aliphatic rings. The van der Waals surface area contributed by atoms with Gasteiger partial charge in [0.2, 0.25) is 0 Å². The lowest BCUT2D eigenvalue weighted by atomic mass is 10.2. The first kappa shape index (κ1) is 15.8. The van der Waals surface area contributed by atoms with Gasteiger partial charge < -0.3 is 14.4 Å². The second kappa shape index (κ2) is 6.44. The maximum atomic E-state index is 12.2. The summed E-state index contributed by atoms with van der Waals surface area (Å²) in [6, 6.07) is 6.83. The van der Waals surface area contributed by atoms with E-state index in [4.69, 9.17) is 4.74 Å². The average molecular weight is 313 g/mol. The van der Waals surface area contributed by atoms with E-state index in [0.717, 1.165) is 0 Å². The number of benzene rings is 1. The summed E-state index contributed by atoms with van der Waals surface area (Å²) in [7, 11) is -2.01. The maximum absolute atomic E-state index is 12.2. The highest BCUT2D eigenvalue weighted by Gasteiger charge is 2.30. The quantitative estimate of drug-likeness (QED) is 0.768. The number of hydrogen-bond acceptors (Lipinski definition) is 6. The van der Waals surface area contributed by atoms with Crippen molar-refractivity contribution in [2.45, 2.75) is 17.9 Å². The number of para-hydroxylation sites is 1. The van der Waals surface area contributed by atoms with Gasteiger partial charge in [0, 0.05) is 6.54 Å². The predicted octanol–water partition coefficient (Wildman–Crippen LogP) is 0.858. The van der Waals surface area contributed by atoms with Gasteiger partial charge in [0.1, 0.15) is 0 Å². The summed E-state index contributed by atoms with van der Waals surface area (Å²) in [6.07, 6.45) is -0.693. The van der Waals surface area contributed by atoms with Gasteiger partial charge >= 0.3 is 5.97 Å². The second-order valence-corrected chi connectivity index (χ2v) is 6.95. The van der Waals surface area contributed by atoms with E-state index in [2.05, 4.69) is 4.74 Å². The van der Waals surface area contributed by atoms with Crippen molar-refractivity contribution in [2.24, 2.45) is 0 Å². The van der Waals surface area contributed by atoms with Gasteiger partial charge in [0.25, 0.3) is 0 Å². The van der Waals surface area contributed by atoms with Gasteiger partial charge in [-0.15, -0.1) is 0 Å². The molecule has 2 rings (SSSR count). The van der Waals surface area contributed by atoms with E-state index < -0.39 is 21.9 Å². The van der Waals surface area contributed by atoms with E-state index >= 15 is 0 Å². The number of carbonyl (C=O) groups excluding carboxylic acids is 1. The molecule has 0 aromatic heterocycles. The zero-order valence-electron chi connectivity index (χ0n) is 12.1. The highest BCUT2D eigenvalue weighted by Crippen LogP contribution is 2.27. The normalized spacial score (nSPS) is 19.3. The highest BCUT2D eigenvalue weighted by atomic mass is 32.2. The third-order valence-electron chi connectivity index (χ3n) is 3.45. The molecule has 0 N–H and O–H groups in total. The number of methoxy groups -OCH3 is 1. The zero-order chi connectivity index (χ0) is 15.5. The van der Waals surface area contributed by atoms with Crippen LogP contribution in [0, 0.1) is 0 Å². The number of esters is 1. The van der Waals surface area contributed by atoms with E-state index in [1.54, 1.807) is 31.2 Å². The first-order valence-corrected chi connectivity index (χ1v) is 8.41. The SMILES string of the molecule is CCS(=O)(=O)c1ccccc1N1CCOC(C(=O)OC)C1. The Morgan fingerprint density at radius 2 is 2.14 bits per heavy atom. The van der Waals surface area contributed by atoms with Crippen LogP contribution in [-0.4, -0.2) is 53.1 Å². The van der Waals surface area contributed by atoms with Crippen LogP contribution in [0.15, 0.2) is 29.2 Å². The third-order valence-corrected chi connectivity index (χ3v) is 5.23. The van der Waals surface area contributed by atoms with Crippen LogP contribution in [0.25, 0.3) is 0 Å². The molecular formula is C14H19NO5S. The fraction of sp³-hybridized carbons (Fsp3) is 0.500. The van der Waals surface area contributed by atoms with Crippen molar-refractivity contribution in [3.8, 4) is 0 Å². The fourth-order valence-corrected chi connectivity index (χ4v) is 3.39. The largest absolute Gasteiger partial charge is 0.467 e. The molecule has 1 atom stereocenters. The molecule has 0 bridgehead atoms. The van der Waals surface area contributed by atoms with Gasteiger partial charge in [0.15, 0.2) is 15.9 Å². The Bertz CT molecular complexity index is 614. The van der Waals surface area contributed by atoms with Crippen molar-refractivity contribution < 1.29 is 22.7 Å². The number of sulfone groups is 1. The van der Waals surface area contributed by atoms with E-state index in [1.807, 2.05) is 4.90 Å². The van der Waals surface area contributed by atoms with Crippen molar-refractivity contribution in [1.82, 2.24) is 0 Å². The summed E-state index contributed by atoms with van der Waals surface area (Å²) < 4.78 is 34.4. The van der Waals surface area contributed by atoms with Gasteiger partial charge in [-0.25, -0.2) is 13.2 Å². The Kier molecular flexibility index (Phi) is 4.84. The molecule has 0 saturated carbocycles. The van der Waals surface area contributed by atoms with E-state index in [9.17, 15) is 13.2 Å². The standard InChI is InChI=1S/C14H19NO5S/c1-3-21(17,18)13-7-5-4-6-11(13)15-8-9-20-12(10-15)14(16)19-2/h4-7,12H,3,8-10H2,1-2H3. The Morgan fingerprint density at radius 1 is 1.43 bits per heavy atom. The number of carbonyl (C=O) groups is 1. The number of ether oxygens (including phenoxy) is 2. The molecule has 0 amide bonds. The Balaban J connectivity index is 2.32. The van der Waals surface area contributed by atoms with Crippen molar-refractivity contribution in [1.29, 1.82) is 0 Å². The first-order valence-electron chi connectivity index (χ1n) is 6.75. The Hall–Kier alpha value is -1.60. The number of morpholine rings is 1. The first-order chi connectivity index (χ1) is 9.99. The molecule has 1 aromatic carbocycles. The number of anilines is 1. The molecule has 1 heterocycles. The lowest BCUT2D eigenvalue weighted by molar-refractivity contribution is -0.154. The summed E-state index contributed by atoms with van der Waals surface area (Å²) >= 11 is 0. The molecule has 1 aliphatic heterocycles. The van der Waals surface area contributed by atoms with Crippen LogP contribution in [0.1, 0.15) is 6.92 Å². The summed E-state index contributed by atoms with van der Waals surface area (Å²) in [5.74, 6) is -0.412. The zero-order valence-corrected chi connectivity index (χ0v) is 12.9. The fourth-order valence-electron chi connectivity index (χ4n) is 2.28. The molecule has 1 saturated heterocycles. The summed E-state index contributed by atoms with van der Waals surface area (Å²) in [6.45, 7) is 2.77. The molecule has 7 heteroatoms. The molecular weight excluding hydrogens is 294 g/mol. The van der Waals surface area contributed by atoms with E-state index in [1.165, 1.54) is 7.11 Å². The number of rotatable bonds is 4. The van der Waals surface area contributed by atoms with Crippen LogP contribution in [-0.2, 0) is 24.1 Å². The lowest BCUT2D eigenvalue weighted by Gasteiger charge is -2.34. The minimum Gasteiger partial charge on any atom is -0.467 e. The van der Waals surface area contributed by atoms with Crippen LogP contribution in [0.5, 0.6) is 0 Å². The smallest absolute Gasteiger partial charge is 0.336 e. The molecule has 0 radical (unpaired) electrons. The topological polar surface area (TPSA) is 72.9 Å². The summed E-state index contributed by atoms with van der Waals surface area (Å²) in [5.41, 5.74) is 0.608. The van der Waals surface area contributed by atoms with Gasteiger partial charge in [-0.2, -0.15) is 0 Å². The van der Waals surface area contributed by atoms with Crippen LogP contribution in [0.4, 0.5) is 5.69 Å². The van der Waals surface area contributed by atoms with Gasteiger partial charge in [-0.3, -0.25) is 0 Å². The average Bonchev–Trinajstić information content (AvgIpc) is 2.54. The van der Waals surface area contributed by atoms with Gasteiger partial charge in [-0.05, 0) is 12.1 Å². The minimum atomic E-state index is -3.32. The Labute approximate surface area is 124 Å². The summed E-state index contributed by atoms with van der Waals surface area (Å²) in [5, 5.41) is 0. The molecule has 0 aliphatic carbocycles. The molecule has 21 heavy (non-hydrogen) atoms. The van der Waals surface area contributed by atoms with Crippen molar-refractivity contribution in [3.63, 3.8) is 0 Å². The molecule has 0 spiro atoms. The van der Waals surface area contributed by atoms with Crippen LogP contribution >= 0.6 is 0 Å². The predicted molar refractivity (Wildman–Crippen MR) is 78.1 cm³/mol. The summed E-state index contributed by atoms with van der Waals surface area (Å²) in [4.78, 5) is 13.7. The van der Waals surface area contributed by atoms with Gasteiger partial charge in [-0.1, -0.05) is 19.1 Å². The third kappa shape index (κ3) is 3.36. The van der Waals surface area contributed by atoms with Crippen LogP contribution in [0.2, 0.25) is 0 Å². The van der Waals surface area contributed by atoms with Crippen LogP contribution < -0.4 is 4.90 Å². The molecule has 1 fully saturated rings. The highest BCUT2D eigenvalue weighted by molar-refractivity contribution is 7.91. The lowest BCUT2D eigenvalue weighted by Crippen LogP contribution is -2.47. The Morgan fingerprint density at radius 3 is 2.81 bits per heavy atom. The number of hydrogen-bond donors (Lipinski definition) is 0. The van der Waals surface area contributed by atoms with Crippen LogP contribution in [0.3, 0.4) is 0 Å². The monoisotopic (exact) mass is 313 g/mol. The second-order valence-electron chi connectivity index (χ2n) is 4.70. The molecule has 1 aromatic rings.